The summed E-state index contributed by atoms with van der Waals surface area (Å²) in [6.07, 6.45) is 2.25. The van der Waals surface area contributed by atoms with Gasteiger partial charge in [0.2, 0.25) is 5.91 Å². The minimum Gasteiger partial charge on any atom is -0.377 e. The van der Waals surface area contributed by atoms with E-state index in [2.05, 4.69) is 51.7 Å². The standard InChI is InChI=1S/C26H27N5OS/c1-2-16-31-24(19-27-23-14-8-12-21-11-6-7-13-22(21)23)29-30-26(31)33-17-15-25(32)28-18-20-9-4-3-5-10-20/h2-14,27H,1,15-19H2,(H,28,32). The van der Waals surface area contributed by atoms with Gasteiger partial charge in [-0.25, -0.2) is 0 Å². The maximum Gasteiger partial charge on any atom is 0.221 e. The molecule has 0 aliphatic rings. The fourth-order valence-corrected chi connectivity index (χ4v) is 4.45. The van der Waals surface area contributed by atoms with Gasteiger partial charge in [-0.05, 0) is 17.0 Å². The largest absolute Gasteiger partial charge is 0.377 e. The topological polar surface area (TPSA) is 71.8 Å². The Morgan fingerprint density at radius 2 is 1.76 bits per heavy atom. The van der Waals surface area contributed by atoms with Crippen molar-refractivity contribution in [2.75, 3.05) is 11.1 Å². The molecule has 0 saturated heterocycles. The number of anilines is 1. The van der Waals surface area contributed by atoms with E-state index in [4.69, 9.17) is 0 Å². The highest BCUT2D eigenvalue weighted by Gasteiger charge is 2.13. The molecule has 3 aromatic carbocycles. The average molecular weight is 458 g/mol. The second kappa shape index (κ2) is 11.3. The fourth-order valence-electron chi connectivity index (χ4n) is 3.54. The van der Waals surface area contributed by atoms with E-state index in [0.29, 0.717) is 31.8 Å². The number of nitrogens with one attached hydrogen (secondary N) is 2. The third kappa shape index (κ3) is 6.02. The predicted octanol–water partition coefficient (Wildman–Crippen LogP) is 5.03. The van der Waals surface area contributed by atoms with Crippen molar-refractivity contribution in [3.8, 4) is 0 Å². The second-order valence-electron chi connectivity index (χ2n) is 7.54. The smallest absolute Gasteiger partial charge is 0.221 e. The molecule has 1 heterocycles. The van der Waals surface area contributed by atoms with Crippen LogP contribution in [0.25, 0.3) is 10.8 Å². The van der Waals surface area contributed by atoms with Gasteiger partial charge in [0, 0.05) is 36.3 Å². The summed E-state index contributed by atoms with van der Waals surface area (Å²) >= 11 is 1.54. The van der Waals surface area contributed by atoms with Crippen LogP contribution in [0.15, 0.2) is 90.6 Å². The van der Waals surface area contributed by atoms with Crippen LogP contribution in [0.1, 0.15) is 17.8 Å². The minimum absolute atomic E-state index is 0.0268. The van der Waals surface area contributed by atoms with Crippen molar-refractivity contribution in [1.29, 1.82) is 0 Å². The molecule has 0 radical (unpaired) electrons. The number of rotatable bonds is 11. The molecule has 1 aromatic heterocycles. The molecule has 0 unspecified atom stereocenters. The Morgan fingerprint density at radius 1 is 0.970 bits per heavy atom. The van der Waals surface area contributed by atoms with Crippen molar-refractivity contribution in [1.82, 2.24) is 20.1 Å². The highest BCUT2D eigenvalue weighted by molar-refractivity contribution is 7.99. The van der Waals surface area contributed by atoms with Gasteiger partial charge in [0.05, 0.1) is 6.54 Å². The summed E-state index contributed by atoms with van der Waals surface area (Å²) in [5.74, 6) is 1.49. The predicted molar refractivity (Wildman–Crippen MR) is 135 cm³/mol. The number of carbonyl (C=O) groups is 1. The van der Waals surface area contributed by atoms with Gasteiger partial charge in [0.25, 0.3) is 0 Å². The number of nitrogens with zero attached hydrogens (tertiary/aromatic N) is 3. The van der Waals surface area contributed by atoms with Crippen molar-refractivity contribution < 1.29 is 4.79 Å². The zero-order chi connectivity index (χ0) is 22.9. The second-order valence-corrected chi connectivity index (χ2v) is 8.60. The summed E-state index contributed by atoms with van der Waals surface area (Å²) in [4.78, 5) is 12.2. The Kier molecular flexibility index (Phi) is 7.76. The fraction of sp³-hybridized carbons (Fsp3) is 0.192. The molecule has 4 rings (SSSR count). The van der Waals surface area contributed by atoms with E-state index in [9.17, 15) is 4.79 Å². The number of aromatic nitrogens is 3. The monoisotopic (exact) mass is 457 g/mol. The first kappa shape index (κ1) is 22.6. The molecule has 0 fully saturated rings. The third-order valence-corrected chi connectivity index (χ3v) is 6.19. The maximum atomic E-state index is 12.2. The van der Waals surface area contributed by atoms with Crippen LogP contribution in [0.2, 0.25) is 0 Å². The number of hydrogen-bond acceptors (Lipinski definition) is 5. The van der Waals surface area contributed by atoms with Gasteiger partial charge in [-0.2, -0.15) is 0 Å². The lowest BCUT2D eigenvalue weighted by atomic mass is 10.1. The Morgan fingerprint density at radius 3 is 2.61 bits per heavy atom. The normalized spacial score (nSPS) is 10.8. The molecule has 6 nitrogen and oxygen atoms in total. The molecule has 7 heteroatoms. The Labute approximate surface area is 198 Å². The van der Waals surface area contributed by atoms with Crippen LogP contribution < -0.4 is 10.6 Å². The summed E-state index contributed by atoms with van der Waals surface area (Å²) in [6, 6.07) is 24.4. The number of fused-ring (bicyclic) bond motifs is 1. The Hall–Kier alpha value is -3.58. The first-order valence-electron chi connectivity index (χ1n) is 10.9. The number of benzene rings is 3. The van der Waals surface area contributed by atoms with E-state index in [0.717, 1.165) is 22.2 Å². The summed E-state index contributed by atoms with van der Waals surface area (Å²) in [5.41, 5.74) is 2.15. The van der Waals surface area contributed by atoms with Gasteiger partial charge in [0.1, 0.15) is 0 Å². The van der Waals surface area contributed by atoms with Gasteiger partial charge in [0.15, 0.2) is 11.0 Å². The summed E-state index contributed by atoms with van der Waals surface area (Å²) < 4.78 is 2.04. The van der Waals surface area contributed by atoms with Crippen LogP contribution in [0, 0.1) is 0 Å². The maximum absolute atomic E-state index is 12.2. The highest BCUT2D eigenvalue weighted by atomic mass is 32.2. The van der Waals surface area contributed by atoms with Gasteiger partial charge in [-0.15, -0.1) is 16.8 Å². The van der Waals surface area contributed by atoms with E-state index in [1.54, 1.807) is 0 Å². The van der Waals surface area contributed by atoms with E-state index in [1.807, 2.05) is 59.2 Å². The van der Waals surface area contributed by atoms with Crippen molar-refractivity contribution in [2.45, 2.75) is 31.2 Å². The van der Waals surface area contributed by atoms with Crippen LogP contribution in [0.3, 0.4) is 0 Å². The molecule has 0 spiro atoms. The van der Waals surface area contributed by atoms with Crippen molar-refractivity contribution in [3.63, 3.8) is 0 Å². The van der Waals surface area contributed by atoms with Crippen molar-refractivity contribution >= 4 is 34.1 Å². The zero-order valence-corrected chi connectivity index (χ0v) is 19.2. The quantitative estimate of drug-likeness (QED) is 0.244. The lowest BCUT2D eigenvalue weighted by molar-refractivity contribution is -0.120. The first-order chi connectivity index (χ1) is 16.2. The molecule has 2 N–H and O–H groups in total. The summed E-state index contributed by atoms with van der Waals surface area (Å²) in [7, 11) is 0. The van der Waals surface area contributed by atoms with Crippen LogP contribution in [-0.4, -0.2) is 26.4 Å². The highest BCUT2D eigenvalue weighted by Crippen LogP contribution is 2.24. The molecule has 0 bridgehead atoms. The molecule has 0 aliphatic heterocycles. The molecule has 0 saturated carbocycles. The van der Waals surface area contributed by atoms with Gasteiger partial charge >= 0.3 is 0 Å². The number of allylic oxidation sites excluding steroid dienone is 1. The van der Waals surface area contributed by atoms with E-state index < -0.39 is 0 Å². The van der Waals surface area contributed by atoms with Gasteiger partial charge < -0.3 is 15.2 Å². The van der Waals surface area contributed by atoms with Crippen LogP contribution in [0.4, 0.5) is 5.69 Å². The molecule has 168 valence electrons. The molecular weight excluding hydrogens is 430 g/mol. The van der Waals surface area contributed by atoms with E-state index >= 15 is 0 Å². The van der Waals surface area contributed by atoms with Gasteiger partial charge in [-0.3, -0.25) is 4.79 Å². The summed E-state index contributed by atoms with van der Waals surface area (Å²) in [5, 5.41) is 18.4. The molecule has 33 heavy (non-hydrogen) atoms. The number of carbonyl (C=O) groups excluding carboxylic acids is 1. The molecule has 4 aromatic rings. The molecule has 0 atom stereocenters. The van der Waals surface area contributed by atoms with Crippen LogP contribution >= 0.6 is 11.8 Å². The van der Waals surface area contributed by atoms with E-state index in [-0.39, 0.29) is 5.91 Å². The van der Waals surface area contributed by atoms with Crippen molar-refractivity contribution in [2.24, 2.45) is 0 Å². The lowest BCUT2D eigenvalue weighted by Crippen LogP contribution is -2.23. The summed E-state index contributed by atoms with van der Waals surface area (Å²) in [6.45, 7) is 5.57. The van der Waals surface area contributed by atoms with E-state index in [1.165, 1.54) is 22.5 Å². The lowest BCUT2D eigenvalue weighted by Gasteiger charge is -2.11. The Bertz CT molecular complexity index is 1220. The third-order valence-electron chi connectivity index (χ3n) is 5.22. The number of thioether (sulfide) groups is 1. The average Bonchev–Trinajstić information content (AvgIpc) is 3.23. The van der Waals surface area contributed by atoms with Crippen LogP contribution in [0.5, 0.6) is 0 Å². The SMILES string of the molecule is C=CCn1c(CNc2cccc3ccccc23)nnc1SCCC(=O)NCc1ccccc1. The Balaban J connectivity index is 1.33. The zero-order valence-electron chi connectivity index (χ0n) is 18.4. The van der Waals surface area contributed by atoms with Gasteiger partial charge in [-0.1, -0.05) is 84.6 Å². The van der Waals surface area contributed by atoms with Crippen molar-refractivity contribution in [3.05, 3.63) is 96.8 Å². The molecule has 1 amide bonds. The number of amides is 1. The number of hydrogen-bond donors (Lipinski definition) is 2. The molecule has 0 aliphatic carbocycles. The molecular formula is C26H27N5OS. The first-order valence-corrected chi connectivity index (χ1v) is 11.9. The van der Waals surface area contributed by atoms with Crippen LogP contribution in [-0.2, 0) is 24.4 Å². The minimum atomic E-state index is 0.0268.